The minimum absolute atomic E-state index is 0.0729. The van der Waals surface area contributed by atoms with Crippen LogP contribution < -0.4 is 25.4 Å². The van der Waals surface area contributed by atoms with Gasteiger partial charge < -0.3 is 9.47 Å². The number of ketones is 1. The number of anilines is 1. The minimum Gasteiger partial charge on any atom is -0.474 e. The Morgan fingerprint density at radius 2 is 1.68 bits per heavy atom. The molecule has 0 aliphatic carbocycles. The van der Waals surface area contributed by atoms with Gasteiger partial charge in [0.05, 0.1) is 17.2 Å². The van der Waals surface area contributed by atoms with Crippen LogP contribution in [0.2, 0.25) is 0 Å². The maximum atomic E-state index is 13.5. The lowest BCUT2D eigenvalue weighted by Gasteiger charge is -2.32. The molecule has 2 aliphatic rings. The highest BCUT2D eigenvalue weighted by atomic mass is 32.1. The summed E-state index contributed by atoms with van der Waals surface area (Å²) in [6.45, 7) is 4.04. The van der Waals surface area contributed by atoms with Crippen LogP contribution in [0.25, 0.3) is 0 Å². The largest absolute Gasteiger partial charge is 0.474 e. The summed E-state index contributed by atoms with van der Waals surface area (Å²) >= 11 is 5.29. The average molecular weight is 528 g/mol. The van der Waals surface area contributed by atoms with E-state index < -0.39 is 24.0 Å². The minimum atomic E-state index is -1.07. The molecule has 1 fully saturated rings. The van der Waals surface area contributed by atoms with Crippen LogP contribution in [0.15, 0.2) is 84.4 Å². The Balaban J connectivity index is 1.42. The number of ether oxygens (including phenoxy) is 2. The number of rotatable bonds is 5. The SMILES string of the molecule is CC(C)c1ccc2c(c1)C(=O)C(/C=C1\C(=O)NC(=S)N(c3ccc(Oc4ccccc4)cc3)C1=O)C(N)O2. The van der Waals surface area contributed by atoms with E-state index in [0.29, 0.717) is 28.5 Å². The summed E-state index contributed by atoms with van der Waals surface area (Å²) in [5.41, 5.74) is 7.67. The molecule has 192 valence electrons. The number of para-hydroxylation sites is 1. The Bertz CT molecular complexity index is 1470. The Morgan fingerprint density at radius 1 is 1.00 bits per heavy atom. The molecular weight excluding hydrogens is 502 g/mol. The second-order valence-electron chi connectivity index (χ2n) is 9.27. The number of carbonyl (C=O) groups excluding carboxylic acids is 3. The molecule has 3 aromatic rings. The van der Waals surface area contributed by atoms with Crippen LogP contribution in [0.4, 0.5) is 5.69 Å². The van der Waals surface area contributed by atoms with E-state index >= 15 is 0 Å². The van der Waals surface area contributed by atoms with Crippen molar-refractivity contribution < 1.29 is 23.9 Å². The molecule has 9 heteroatoms. The molecule has 2 aliphatic heterocycles. The fraction of sp³-hybridized carbons (Fsp3) is 0.172. The van der Waals surface area contributed by atoms with Crippen molar-refractivity contribution in [3.05, 3.63) is 95.6 Å². The normalized spacial score (nSPS) is 20.3. The average Bonchev–Trinajstić information content (AvgIpc) is 2.89. The molecule has 2 unspecified atom stereocenters. The van der Waals surface area contributed by atoms with Crippen LogP contribution in [-0.4, -0.2) is 28.9 Å². The van der Waals surface area contributed by atoms with Crippen LogP contribution in [0.1, 0.15) is 35.7 Å². The summed E-state index contributed by atoms with van der Waals surface area (Å²) in [5, 5.41) is 2.46. The van der Waals surface area contributed by atoms with Crippen molar-refractivity contribution in [2.75, 3.05) is 4.90 Å². The maximum absolute atomic E-state index is 13.5. The van der Waals surface area contributed by atoms with Gasteiger partial charge in [-0.3, -0.25) is 30.3 Å². The second-order valence-corrected chi connectivity index (χ2v) is 9.66. The van der Waals surface area contributed by atoms with Gasteiger partial charge in [-0.15, -0.1) is 0 Å². The van der Waals surface area contributed by atoms with Crippen LogP contribution in [0.3, 0.4) is 0 Å². The fourth-order valence-electron chi connectivity index (χ4n) is 4.30. The molecule has 1 saturated heterocycles. The summed E-state index contributed by atoms with van der Waals surface area (Å²) < 4.78 is 11.6. The first kappa shape index (κ1) is 25.3. The zero-order chi connectivity index (χ0) is 27.0. The van der Waals surface area contributed by atoms with Crippen molar-refractivity contribution in [1.82, 2.24) is 5.32 Å². The lowest BCUT2D eigenvalue weighted by atomic mass is 9.88. The van der Waals surface area contributed by atoms with Gasteiger partial charge in [0.1, 0.15) is 22.8 Å². The number of hydrogen-bond donors (Lipinski definition) is 2. The molecule has 8 nitrogen and oxygen atoms in total. The number of hydrogen-bond acceptors (Lipinski definition) is 7. The van der Waals surface area contributed by atoms with Crippen molar-refractivity contribution in [3.8, 4) is 17.2 Å². The first-order valence-corrected chi connectivity index (χ1v) is 12.5. The van der Waals surface area contributed by atoms with Crippen LogP contribution in [0.5, 0.6) is 17.2 Å². The molecule has 38 heavy (non-hydrogen) atoms. The molecule has 2 atom stereocenters. The molecule has 0 aromatic heterocycles. The molecule has 2 heterocycles. The molecule has 5 rings (SSSR count). The van der Waals surface area contributed by atoms with Gasteiger partial charge in [0.15, 0.2) is 17.1 Å². The number of fused-ring (bicyclic) bond motifs is 1. The van der Waals surface area contributed by atoms with Gasteiger partial charge in [0, 0.05) is 0 Å². The first-order chi connectivity index (χ1) is 18.2. The molecular formula is C29H25N3O5S. The van der Waals surface area contributed by atoms with E-state index in [9.17, 15) is 14.4 Å². The zero-order valence-corrected chi connectivity index (χ0v) is 21.5. The van der Waals surface area contributed by atoms with Crippen molar-refractivity contribution in [3.63, 3.8) is 0 Å². The van der Waals surface area contributed by atoms with Gasteiger partial charge in [0.25, 0.3) is 11.8 Å². The van der Waals surface area contributed by atoms with E-state index in [1.807, 2.05) is 50.2 Å². The molecule has 0 radical (unpaired) electrons. The third-order valence-corrected chi connectivity index (χ3v) is 6.66. The number of benzene rings is 3. The summed E-state index contributed by atoms with van der Waals surface area (Å²) in [6, 6.07) is 21.3. The maximum Gasteiger partial charge on any atom is 0.269 e. The molecule has 3 N–H and O–H groups in total. The van der Waals surface area contributed by atoms with E-state index in [1.54, 1.807) is 36.4 Å². The Kier molecular flexibility index (Phi) is 6.79. The standard InChI is InChI=1S/C29H25N3O5S/c1-16(2)17-8-13-24-21(14-17)25(33)22(26(30)37-24)15-23-27(34)31-29(38)32(28(23)35)18-9-11-20(12-10-18)36-19-6-4-3-5-7-19/h3-16,22,26H,30H2,1-2H3,(H,31,34,38)/b23-15+. The van der Waals surface area contributed by atoms with Gasteiger partial charge >= 0.3 is 0 Å². The lowest BCUT2D eigenvalue weighted by Crippen LogP contribution is -2.55. The highest BCUT2D eigenvalue weighted by Crippen LogP contribution is 2.34. The third kappa shape index (κ3) is 4.81. The van der Waals surface area contributed by atoms with E-state index in [0.717, 1.165) is 5.56 Å². The van der Waals surface area contributed by atoms with Crippen molar-refractivity contribution >= 4 is 40.6 Å². The van der Waals surface area contributed by atoms with E-state index in [-0.39, 0.29) is 22.4 Å². The van der Waals surface area contributed by atoms with Gasteiger partial charge in [-0.05, 0) is 72.2 Å². The molecule has 0 spiro atoms. The molecule has 2 amide bonds. The van der Waals surface area contributed by atoms with Crippen LogP contribution in [-0.2, 0) is 9.59 Å². The van der Waals surface area contributed by atoms with Crippen LogP contribution in [0, 0.1) is 5.92 Å². The number of nitrogens with two attached hydrogens (primary N) is 1. The summed E-state index contributed by atoms with van der Waals surface area (Å²) in [5.74, 6) is -0.933. The number of Topliss-reactive ketones (excluding diaryl/α,β-unsaturated/α-hetero) is 1. The monoisotopic (exact) mass is 527 g/mol. The Hall–Kier alpha value is -4.34. The van der Waals surface area contributed by atoms with E-state index in [1.165, 1.54) is 11.0 Å². The Morgan fingerprint density at radius 3 is 2.37 bits per heavy atom. The Labute approximate surface area is 225 Å². The third-order valence-electron chi connectivity index (χ3n) is 6.38. The van der Waals surface area contributed by atoms with E-state index in [2.05, 4.69) is 5.32 Å². The van der Waals surface area contributed by atoms with Gasteiger partial charge in [0.2, 0.25) is 0 Å². The number of nitrogens with zero attached hydrogens (tertiary/aromatic N) is 1. The number of amides is 2. The number of thiocarbonyl (C=S) groups is 1. The number of carbonyl (C=O) groups is 3. The first-order valence-electron chi connectivity index (χ1n) is 12.1. The smallest absolute Gasteiger partial charge is 0.269 e. The highest BCUT2D eigenvalue weighted by molar-refractivity contribution is 7.80. The van der Waals surface area contributed by atoms with Gasteiger partial charge in [-0.2, -0.15) is 0 Å². The van der Waals surface area contributed by atoms with Crippen molar-refractivity contribution in [2.24, 2.45) is 11.7 Å². The molecule has 0 saturated carbocycles. The zero-order valence-electron chi connectivity index (χ0n) is 20.7. The molecule has 0 bridgehead atoms. The lowest BCUT2D eigenvalue weighted by molar-refractivity contribution is -0.122. The van der Waals surface area contributed by atoms with Crippen molar-refractivity contribution in [2.45, 2.75) is 26.0 Å². The van der Waals surface area contributed by atoms with Crippen LogP contribution >= 0.6 is 12.2 Å². The second kappa shape index (κ2) is 10.2. The van der Waals surface area contributed by atoms with Gasteiger partial charge in [-0.25, -0.2) is 0 Å². The van der Waals surface area contributed by atoms with E-state index in [4.69, 9.17) is 27.4 Å². The molecule has 3 aromatic carbocycles. The number of nitrogens with one attached hydrogen (secondary N) is 1. The topological polar surface area (TPSA) is 111 Å². The predicted octanol–water partition coefficient (Wildman–Crippen LogP) is 4.45. The highest BCUT2D eigenvalue weighted by Gasteiger charge is 2.39. The fourth-order valence-corrected chi connectivity index (χ4v) is 4.58. The predicted molar refractivity (Wildman–Crippen MR) is 146 cm³/mol. The quantitative estimate of drug-likeness (QED) is 0.286. The van der Waals surface area contributed by atoms with Gasteiger partial charge in [-0.1, -0.05) is 44.2 Å². The van der Waals surface area contributed by atoms with Crippen molar-refractivity contribution in [1.29, 1.82) is 0 Å². The summed E-state index contributed by atoms with van der Waals surface area (Å²) in [7, 11) is 0. The summed E-state index contributed by atoms with van der Waals surface area (Å²) in [6.07, 6.45) is 0.210. The summed E-state index contributed by atoms with van der Waals surface area (Å²) in [4.78, 5) is 40.9.